The van der Waals surface area contributed by atoms with Crippen molar-refractivity contribution in [3.8, 4) is 5.75 Å². The van der Waals surface area contributed by atoms with Gasteiger partial charge in [-0.1, -0.05) is 37.5 Å². The van der Waals surface area contributed by atoms with E-state index >= 15 is 0 Å². The lowest BCUT2D eigenvalue weighted by molar-refractivity contribution is -0.118. The van der Waals surface area contributed by atoms with Crippen LogP contribution in [0.15, 0.2) is 46.9 Å². The van der Waals surface area contributed by atoms with Gasteiger partial charge in [-0.15, -0.1) is 0 Å². The number of benzene rings is 2. The number of thioether (sulfide) groups is 1. The summed E-state index contributed by atoms with van der Waals surface area (Å²) in [5.41, 5.74) is 2.78. The third-order valence-corrected chi connectivity index (χ3v) is 7.19. The van der Waals surface area contributed by atoms with Crippen LogP contribution in [0, 0.1) is 0 Å². The topological polar surface area (TPSA) is 80.6 Å². The van der Waals surface area contributed by atoms with Crippen molar-refractivity contribution >= 4 is 45.9 Å². The maximum atomic E-state index is 13.2. The predicted octanol–water partition coefficient (Wildman–Crippen LogP) is 5.58. The molecule has 160 valence electrons. The van der Waals surface area contributed by atoms with Gasteiger partial charge >= 0.3 is 0 Å². The molecule has 0 spiro atoms. The van der Waals surface area contributed by atoms with E-state index in [0.717, 1.165) is 22.3 Å². The van der Waals surface area contributed by atoms with Gasteiger partial charge in [0.2, 0.25) is 0 Å². The number of carbonyl (C=O) groups is 2. The molecule has 31 heavy (non-hydrogen) atoms. The molecular weight excluding hydrogens is 412 g/mol. The summed E-state index contributed by atoms with van der Waals surface area (Å²) >= 11 is 1.92. The van der Waals surface area contributed by atoms with E-state index in [0.29, 0.717) is 28.1 Å². The number of hydrogen-bond donors (Lipinski definition) is 2. The van der Waals surface area contributed by atoms with Gasteiger partial charge in [0, 0.05) is 27.6 Å². The van der Waals surface area contributed by atoms with E-state index in [9.17, 15) is 9.59 Å². The number of ether oxygens (including phenoxy) is 1. The minimum absolute atomic E-state index is 0.000287. The summed E-state index contributed by atoms with van der Waals surface area (Å²) in [5, 5.41) is 7.30. The van der Waals surface area contributed by atoms with Gasteiger partial charge in [0.15, 0.2) is 12.4 Å². The van der Waals surface area contributed by atoms with Crippen molar-refractivity contribution in [2.24, 2.45) is 0 Å². The van der Waals surface area contributed by atoms with E-state index in [4.69, 9.17) is 9.15 Å². The molecular formula is C24H24N2O4S. The summed E-state index contributed by atoms with van der Waals surface area (Å²) < 4.78 is 11.4. The molecule has 0 saturated heterocycles. The van der Waals surface area contributed by atoms with E-state index in [-0.39, 0.29) is 18.4 Å². The molecule has 2 N–H and O–H groups in total. The van der Waals surface area contributed by atoms with Crippen LogP contribution in [0.2, 0.25) is 0 Å². The smallest absolute Gasteiger partial charge is 0.291 e. The lowest BCUT2D eigenvalue weighted by Gasteiger charge is -2.21. The van der Waals surface area contributed by atoms with E-state index in [2.05, 4.69) is 10.6 Å². The highest BCUT2D eigenvalue weighted by Crippen LogP contribution is 2.36. The molecule has 0 atom stereocenters. The first-order valence-electron chi connectivity index (χ1n) is 10.7. The van der Waals surface area contributed by atoms with Gasteiger partial charge in [0.1, 0.15) is 11.3 Å². The third kappa shape index (κ3) is 4.28. The Bertz CT molecular complexity index is 1130. The summed E-state index contributed by atoms with van der Waals surface area (Å²) in [6.07, 6.45) is 6.38. The third-order valence-electron chi connectivity index (χ3n) is 5.79. The van der Waals surface area contributed by atoms with Crippen LogP contribution in [0.25, 0.3) is 11.0 Å². The van der Waals surface area contributed by atoms with Crippen molar-refractivity contribution in [1.82, 2.24) is 0 Å². The molecule has 1 saturated carbocycles. The molecule has 3 aromatic rings. The maximum absolute atomic E-state index is 13.2. The molecule has 5 rings (SSSR count). The molecule has 0 bridgehead atoms. The molecule has 1 aliphatic heterocycles. The SMILES string of the molecule is O=C1COc2ccc(NC(=O)c3oc4ccccc4c3CSC3CCCCC3)cc2N1. The van der Waals surface area contributed by atoms with Crippen LogP contribution in [0.3, 0.4) is 0 Å². The quantitative estimate of drug-likeness (QED) is 0.546. The van der Waals surface area contributed by atoms with Crippen LogP contribution in [-0.4, -0.2) is 23.7 Å². The molecule has 2 aliphatic rings. The Balaban J connectivity index is 1.39. The Morgan fingerprint density at radius 1 is 1.13 bits per heavy atom. The molecule has 6 nitrogen and oxygen atoms in total. The minimum Gasteiger partial charge on any atom is -0.482 e. The van der Waals surface area contributed by atoms with Crippen molar-refractivity contribution in [2.75, 3.05) is 17.2 Å². The number of furan rings is 1. The van der Waals surface area contributed by atoms with Crippen molar-refractivity contribution in [1.29, 1.82) is 0 Å². The van der Waals surface area contributed by atoms with Crippen LogP contribution in [0.5, 0.6) is 5.75 Å². The number of amides is 2. The zero-order valence-corrected chi connectivity index (χ0v) is 17.9. The Morgan fingerprint density at radius 2 is 1.97 bits per heavy atom. The van der Waals surface area contributed by atoms with Crippen molar-refractivity contribution in [2.45, 2.75) is 43.1 Å². The van der Waals surface area contributed by atoms with Gasteiger partial charge in [-0.25, -0.2) is 0 Å². The fourth-order valence-corrected chi connectivity index (χ4v) is 5.56. The van der Waals surface area contributed by atoms with Gasteiger partial charge in [0.25, 0.3) is 11.8 Å². The molecule has 2 aromatic carbocycles. The Hall–Kier alpha value is -2.93. The monoisotopic (exact) mass is 436 g/mol. The number of nitrogens with one attached hydrogen (secondary N) is 2. The molecule has 1 aliphatic carbocycles. The van der Waals surface area contributed by atoms with Crippen LogP contribution in [0.4, 0.5) is 11.4 Å². The maximum Gasteiger partial charge on any atom is 0.291 e. The van der Waals surface area contributed by atoms with Gasteiger partial charge in [-0.05, 0) is 37.1 Å². The van der Waals surface area contributed by atoms with Gasteiger partial charge in [0.05, 0.1) is 5.69 Å². The summed E-state index contributed by atoms with van der Waals surface area (Å²) in [5.74, 6) is 1.18. The van der Waals surface area contributed by atoms with Gasteiger partial charge < -0.3 is 19.8 Å². The Kier molecular flexibility index (Phi) is 5.59. The Morgan fingerprint density at radius 3 is 2.84 bits per heavy atom. The van der Waals surface area contributed by atoms with Crippen molar-refractivity contribution in [3.05, 3.63) is 53.8 Å². The average Bonchev–Trinajstić information content (AvgIpc) is 3.17. The fraction of sp³-hybridized carbons (Fsp3) is 0.333. The molecule has 2 amide bonds. The highest BCUT2D eigenvalue weighted by Gasteiger charge is 2.23. The standard InChI is InChI=1S/C24H24N2O4S/c27-22-13-29-21-11-10-15(12-19(21)26-22)25-24(28)23-18(14-31-16-6-2-1-3-7-16)17-8-4-5-9-20(17)30-23/h4-5,8-12,16H,1-3,6-7,13-14H2,(H,25,28)(H,26,27). The lowest BCUT2D eigenvalue weighted by Crippen LogP contribution is -2.25. The molecule has 2 heterocycles. The summed E-state index contributed by atoms with van der Waals surface area (Å²) in [6, 6.07) is 13.0. The van der Waals surface area contributed by atoms with E-state index in [1.807, 2.05) is 36.0 Å². The summed E-state index contributed by atoms with van der Waals surface area (Å²) in [7, 11) is 0. The first kappa shape index (κ1) is 20.0. The average molecular weight is 437 g/mol. The second kappa shape index (κ2) is 8.67. The normalized spacial score (nSPS) is 16.5. The molecule has 1 fully saturated rings. The number of carbonyl (C=O) groups excluding carboxylic acids is 2. The summed E-state index contributed by atoms with van der Waals surface area (Å²) in [4.78, 5) is 24.7. The van der Waals surface area contributed by atoms with Gasteiger partial charge in [-0.3, -0.25) is 9.59 Å². The number of fused-ring (bicyclic) bond motifs is 2. The largest absolute Gasteiger partial charge is 0.482 e. The minimum atomic E-state index is -0.293. The number of rotatable bonds is 5. The van der Waals surface area contributed by atoms with Crippen molar-refractivity contribution in [3.63, 3.8) is 0 Å². The van der Waals surface area contributed by atoms with Crippen molar-refractivity contribution < 1.29 is 18.7 Å². The highest BCUT2D eigenvalue weighted by molar-refractivity contribution is 7.99. The number of para-hydroxylation sites is 1. The first-order chi connectivity index (χ1) is 15.2. The molecule has 1 aromatic heterocycles. The van der Waals surface area contributed by atoms with E-state index in [1.165, 1.54) is 32.1 Å². The van der Waals surface area contributed by atoms with Gasteiger partial charge in [-0.2, -0.15) is 11.8 Å². The highest BCUT2D eigenvalue weighted by atomic mass is 32.2. The molecule has 7 heteroatoms. The fourth-order valence-electron chi connectivity index (χ4n) is 4.21. The Labute approximate surface area is 184 Å². The lowest BCUT2D eigenvalue weighted by atomic mass is 10.0. The zero-order valence-electron chi connectivity index (χ0n) is 17.1. The molecule has 0 unspecified atom stereocenters. The second-order valence-corrected chi connectivity index (χ2v) is 9.27. The predicted molar refractivity (Wildman–Crippen MR) is 123 cm³/mol. The van der Waals surface area contributed by atoms with Crippen LogP contribution in [-0.2, 0) is 10.5 Å². The van der Waals surface area contributed by atoms with Crippen LogP contribution >= 0.6 is 11.8 Å². The van der Waals surface area contributed by atoms with Crippen LogP contribution in [0.1, 0.15) is 48.2 Å². The van der Waals surface area contributed by atoms with E-state index in [1.54, 1.807) is 18.2 Å². The first-order valence-corrected chi connectivity index (χ1v) is 11.7. The van der Waals surface area contributed by atoms with E-state index < -0.39 is 0 Å². The second-order valence-electron chi connectivity index (χ2n) is 7.98. The summed E-state index contributed by atoms with van der Waals surface area (Å²) in [6.45, 7) is -0.000287. The number of hydrogen-bond acceptors (Lipinski definition) is 5. The molecule has 0 radical (unpaired) electrons. The van der Waals surface area contributed by atoms with Crippen LogP contribution < -0.4 is 15.4 Å². The number of anilines is 2. The zero-order chi connectivity index (χ0) is 21.2.